The van der Waals surface area contributed by atoms with Crippen LogP contribution >= 0.6 is 0 Å². The molecule has 0 amide bonds. The van der Waals surface area contributed by atoms with Crippen LogP contribution in [0.15, 0.2) is 17.0 Å². The quantitative estimate of drug-likeness (QED) is 0.897. The molecule has 7 heteroatoms. The van der Waals surface area contributed by atoms with Crippen molar-refractivity contribution in [2.45, 2.75) is 38.0 Å². The van der Waals surface area contributed by atoms with Gasteiger partial charge in [-0.15, -0.1) is 0 Å². The largest absolute Gasteiger partial charge is 0.496 e. The second-order valence-electron chi connectivity index (χ2n) is 6.94. The van der Waals surface area contributed by atoms with Gasteiger partial charge in [0.15, 0.2) is 0 Å². The molecule has 1 saturated carbocycles. The van der Waals surface area contributed by atoms with Gasteiger partial charge in [0.25, 0.3) is 0 Å². The van der Waals surface area contributed by atoms with Gasteiger partial charge in [-0.3, -0.25) is 4.79 Å². The van der Waals surface area contributed by atoms with Crippen molar-refractivity contribution in [2.24, 2.45) is 11.3 Å². The van der Waals surface area contributed by atoms with E-state index in [0.717, 1.165) is 24.0 Å². The Morgan fingerprint density at radius 3 is 2.46 bits per heavy atom. The molecule has 1 aliphatic carbocycles. The van der Waals surface area contributed by atoms with Gasteiger partial charge in [-0.25, -0.2) is 8.42 Å². The van der Waals surface area contributed by atoms with Crippen LogP contribution in [0.4, 0.5) is 0 Å². The van der Waals surface area contributed by atoms with Crippen LogP contribution in [0.5, 0.6) is 5.75 Å². The number of carboxylic acid groups (broad SMARTS) is 1. The molecule has 6 nitrogen and oxygen atoms in total. The second-order valence-corrected chi connectivity index (χ2v) is 8.88. The van der Waals surface area contributed by atoms with Gasteiger partial charge in [-0.2, -0.15) is 4.31 Å². The zero-order chi connectivity index (χ0) is 17.7. The second kappa shape index (κ2) is 5.74. The Labute approximate surface area is 142 Å². The van der Waals surface area contributed by atoms with E-state index in [1.54, 1.807) is 19.2 Å². The van der Waals surface area contributed by atoms with Gasteiger partial charge in [0.05, 0.1) is 17.4 Å². The zero-order valence-electron chi connectivity index (χ0n) is 14.2. The van der Waals surface area contributed by atoms with Gasteiger partial charge < -0.3 is 9.84 Å². The highest BCUT2D eigenvalue weighted by Gasteiger charge is 2.57. The molecule has 0 unspecified atom stereocenters. The number of benzene rings is 1. The minimum atomic E-state index is -3.71. The molecule has 1 saturated heterocycles. The number of carboxylic acids is 1. The Morgan fingerprint density at radius 2 is 1.96 bits per heavy atom. The molecule has 0 radical (unpaired) electrons. The number of aliphatic carboxylic acids is 1. The summed E-state index contributed by atoms with van der Waals surface area (Å²) in [5.41, 5.74) is 0.593. The maximum atomic E-state index is 13.0. The van der Waals surface area contributed by atoms with Crippen molar-refractivity contribution in [3.05, 3.63) is 23.3 Å². The van der Waals surface area contributed by atoms with Gasteiger partial charge in [0.2, 0.25) is 10.0 Å². The van der Waals surface area contributed by atoms with Crippen LogP contribution in [0.1, 0.15) is 30.4 Å². The highest BCUT2D eigenvalue weighted by atomic mass is 32.2. The monoisotopic (exact) mass is 353 g/mol. The van der Waals surface area contributed by atoms with Crippen LogP contribution in [0.25, 0.3) is 0 Å². The lowest BCUT2D eigenvalue weighted by molar-refractivity contribution is -0.149. The highest BCUT2D eigenvalue weighted by molar-refractivity contribution is 7.89. The Morgan fingerprint density at radius 1 is 1.33 bits per heavy atom. The maximum Gasteiger partial charge on any atom is 0.311 e. The van der Waals surface area contributed by atoms with E-state index in [1.807, 2.05) is 13.8 Å². The van der Waals surface area contributed by atoms with Crippen molar-refractivity contribution in [1.29, 1.82) is 0 Å². The summed E-state index contributed by atoms with van der Waals surface area (Å²) in [6.07, 6.45) is 2.18. The summed E-state index contributed by atoms with van der Waals surface area (Å²) in [5, 5.41) is 9.65. The third kappa shape index (κ3) is 2.41. The molecule has 3 rings (SSSR count). The minimum absolute atomic E-state index is 0.0689. The summed E-state index contributed by atoms with van der Waals surface area (Å²) < 4.78 is 32.7. The topological polar surface area (TPSA) is 83.9 Å². The lowest BCUT2D eigenvalue weighted by Crippen LogP contribution is -2.37. The lowest BCUT2D eigenvalue weighted by atomic mass is 9.81. The molecule has 1 aliphatic heterocycles. The van der Waals surface area contributed by atoms with E-state index in [2.05, 4.69) is 0 Å². The van der Waals surface area contributed by atoms with Crippen molar-refractivity contribution in [3.63, 3.8) is 0 Å². The normalized spacial score (nSPS) is 27.2. The number of ether oxygens (including phenoxy) is 1. The SMILES string of the molecule is COc1c(C)cc(S(=O)(=O)N2C[C@@H]3CCC[C@@]3(C(=O)O)C2)cc1C. The summed E-state index contributed by atoms with van der Waals surface area (Å²) in [4.78, 5) is 12.0. The van der Waals surface area contributed by atoms with E-state index in [4.69, 9.17) is 4.74 Å². The number of sulfonamides is 1. The van der Waals surface area contributed by atoms with E-state index >= 15 is 0 Å². The Kier molecular flexibility index (Phi) is 4.12. The first-order valence-electron chi connectivity index (χ1n) is 8.11. The fourth-order valence-electron chi connectivity index (χ4n) is 4.31. The average molecular weight is 353 g/mol. The number of aryl methyl sites for hydroxylation is 2. The molecule has 1 heterocycles. The van der Waals surface area contributed by atoms with Crippen LogP contribution < -0.4 is 4.74 Å². The predicted molar refractivity (Wildman–Crippen MR) is 88.6 cm³/mol. The third-order valence-electron chi connectivity index (χ3n) is 5.54. The van der Waals surface area contributed by atoms with Gasteiger partial charge in [0, 0.05) is 13.1 Å². The van der Waals surface area contributed by atoms with Gasteiger partial charge >= 0.3 is 5.97 Å². The molecule has 1 aromatic rings. The fraction of sp³-hybridized carbons (Fsp3) is 0.588. The molecule has 0 aromatic heterocycles. The standard InChI is InChI=1S/C17H23NO5S/c1-11-7-14(8-12(2)15(11)23-3)24(21,22)18-9-13-5-4-6-17(13,10-18)16(19)20/h7-8,13H,4-6,9-10H2,1-3H3,(H,19,20)/t13-,17+/m0/s1. The Hall–Kier alpha value is -1.60. The number of fused-ring (bicyclic) bond motifs is 1. The van der Waals surface area contributed by atoms with E-state index < -0.39 is 21.4 Å². The van der Waals surface area contributed by atoms with Crippen LogP contribution in [0.2, 0.25) is 0 Å². The first-order valence-corrected chi connectivity index (χ1v) is 9.55. The molecule has 0 bridgehead atoms. The number of hydrogen-bond donors (Lipinski definition) is 1. The van der Waals surface area contributed by atoms with E-state index in [-0.39, 0.29) is 17.4 Å². The smallest absolute Gasteiger partial charge is 0.311 e. The van der Waals surface area contributed by atoms with Gasteiger partial charge in [-0.05, 0) is 55.9 Å². The van der Waals surface area contributed by atoms with Crippen molar-refractivity contribution in [3.8, 4) is 5.75 Å². The van der Waals surface area contributed by atoms with Crippen molar-refractivity contribution in [1.82, 2.24) is 4.31 Å². The molecule has 2 atom stereocenters. The first kappa shape index (κ1) is 17.2. The van der Waals surface area contributed by atoms with Crippen LogP contribution in [-0.2, 0) is 14.8 Å². The lowest BCUT2D eigenvalue weighted by Gasteiger charge is -2.23. The van der Waals surface area contributed by atoms with E-state index in [1.165, 1.54) is 4.31 Å². The van der Waals surface area contributed by atoms with Gasteiger partial charge in [0.1, 0.15) is 5.75 Å². The average Bonchev–Trinajstić information content (AvgIpc) is 3.04. The number of methoxy groups -OCH3 is 1. The summed E-state index contributed by atoms with van der Waals surface area (Å²) in [5.74, 6) is -0.288. The number of rotatable bonds is 4. The molecular formula is C17H23NO5S. The fourth-order valence-corrected chi connectivity index (χ4v) is 6.03. The zero-order valence-corrected chi connectivity index (χ0v) is 15.0. The first-order chi connectivity index (χ1) is 11.2. The number of carbonyl (C=O) groups is 1. The van der Waals surface area contributed by atoms with Gasteiger partial charge in [-0.1, -0.05) is 6.42 Å². The Bertz CT molecular complexity index is 765. The Balaban J connectivity index is 1.97. The molecule has 1 N–H and O–H groups in total. The molecular weight excluding hydrogens is 330 g/mol. The van der Waals surface area contributed by atoms with Crippen molar-refractivity contribution < 1.29 is 23.1 Å². The predicted octanol–water partition coefficient (Wildman–Crippen LogP) is 2.19. The maximum absolute atomic E-state index is 13.0. The van der Waals surface area contributed by atoms with E-state index in [0.29, 0.717) is 18.7 Å². The summed E-state index contributed by atoms with van der Waals surface area (Å²) in [6, 6.07) is 3.20. The molecule has 24 heavy (non-hydrogen) atoms. The van der Waals surface area contributed by atoms with E-state index in [9.17, 15) is 18.3 Å². The van der Waals surface area contributed by atoms with Crippen molar-refractivity contribution >= 4 is 16.0 Å². The molecule has 0 spiro atoms. The molecule has 132 valence electrons. The molecule has 2 aliphatic rings. The molecule has 1 aromatic carbocycles. The third-order valence-corrected chi connectivity index (χ3v) is 7.33. The minimum Gasteiger partial charge on any atom is -0.496 e. The number of nitrogens with zero attached hydrogens (tertiary/aromatic N) is 1. The van der Waals surface area contributed by atoms with Crippen LogP contribution in [0.3, 0.4) is 0 Å². The summed E-state index contributed by atoms with van der Waals surface area (Å²) in [7, 11) is -2.15. The summed E-state index contributed by atoms with van der Waals surface area (Å²) >= 11 is 0. The van der Waals surface area contributed by atoms with Crippen LogP contribution in [0, 0.1) is 25.2 Å². The summed E-state index contributed by atoms with van der Waals surface area (Å²) in [6.45, 7) is 3.98. The van der Waals surface area contributed by atoms with Crippen molar-refractivity contribution in [2.75, 3.05) is 20.2 Å². The highest BCUT2D eigenvalue weighted by Crippen LogP contribution is 2.50. The number of hydrogen-bond acceptors (Lipinski definition) is 4. The van der Waals surface area contributed by atoms with Crippen LogP contribution in [-0.4, -0.2) is 44.0 Å². The molecule has 2 fully saturated rings.